The predicted molar refractivity (Wildman–Crippen MR) is 134 cm³/mol. The number of hydrogen-bond acceptors (Lipinski definition) is 5. The summed E-state index contributed by atoms with van der Waals surface area (Å²) in [5.74, 6) is 0. The second-order valence-corrected chi connectivity index (χ2v) is 9.57. The molecule has 1 aliphatic carbocycles. The molecule has 1 fully saturated rings. The summed E-state index contributed by atoms with van der Waals surface area (Å²) >= 11 is 6.58. The molecule has 34 heavy (non-hydrogen) atoms. The molecule has 7 heteroatoms. The van der Waals surface area contributed by atoms with Crippen molar-refractivity contribution in [3.05, 3.63) is 65.7 Å². The summed E-state index contributed by atoms with van der Waals surface area (Å²) in [6.07, 6.45) is 3.99. The third kappa shape index (κ3) is 4.67. The highest BCUT2D eigenvalue weighted by molar-refractivity contribution is 6.33. The monoisotopic (exact) mass is 477 g/mol. The number of aliphatic hydroxyl groups is 2. The molecule has 1 atom stereocenters. The molecule has 2 aromatic heterocycles. The van der Waals surface area contributed by atoms with E-state index in [1.807, 2.05) is 36.4 Å². The molecular formula is C27H28ClN3O3. The maximum absolute atomic E-state index is 9.72. The molecule has 2 aromatic carbocycles. The lowest BCUT2D eigenvalue weighted by Gasteiger charge is -2.27. The highest BCUT2D eigenvalue weighted by atomic mass is 35.5. The van der Waals surface area contributed by atoms with Crippen LogP contribution in [0.15, 0.2) is 60.7 Å². The van der Waals surface area contributed by atoms with Crippen LogP contribution in [0.3, 0.4) is 0 Å². The molecule has 0 radical (unpaired) electrons. The molecule has 3 N–H and O–H groups in total. The minimum absolute atomic E-state index is 0.00161. The number of ether oxygens (including phenoxy) is 1. The van der Waals surface area contributed by atoms with Crippen LogP contribution in [0.2, 0.25) is 5.02 Å². The topological polar surface area (TPSA) is 91.3 Å². The second kappa shape index (κ2) is 9.74. The third-order valence-electron chi connectivity index (χ3n) is 6.85. The van der Waals surface area contributed by atoms with Gasteiger partial charge in [0, 0.05) is 11.0 Å². The van der Waals surface area contributed by atoms with Crippen LogP contribution in [0.25, 0.3) is 33.5 Å². The number of fused-ring (bicyclic) bond motifs is 1. The van der Waals surface area contributed by atoms with Crippen LogP contribution in [-0.4, -0.2) is 44.5 Å². The second-order valence-electron chi connectivity index (χ2n) is 9.16. The lowest BCUT2D eigenvalue weighted by Crippen LogP contribution is -2.29. The lowest BCUT2D eigenvalue weighted by molar-refractivity contribution is 0.0387. The minimum atomic E-state index is -0.411. The van der Waals surface area contributed by atoms with Crippen molar-refractivity contribution in [3.63, 3.8) is 0 Å². The summed E-state index contributed by atoms with van der Waals surface area (Å²) in [5, 5.41) is 20.0. The van der Waals surface area contributed by atoms with Crippen molar-refractivity contribution in [1.82, 2.24) is 15.0 Å². The first kappa shape index (κ1) is 22.8. The van der Waals surface area contributed by atoms with Gasteiger partial charge in [-0.05, 0) is 49.3 Å². The molecule has 1 saturated carbocycles. The van der Waals surface area contributed by atoms with Gasteiger partial charge in [-0.2, -0.15) is 4.98 Å². The van der Waals surface area contributed by atoms with E-state index in [-0.39, 0.29) is 19.3 Å². The van der Waals surface area contributed by atoms with Gasteiger partial charge in [0.1, 0.15) is 6.10 Å². The fraction of sp³-hybridized carbons (Fsp3) is 0.333. The van der Waals surface area contributed by atoms with Gasteiger partial charge in [-0.15, -0.1) is 0 Å². The Bertz CT molecular complexity index is 1250. The molecule has 0 aliphatic heterocycles. The van der Waals surface area contributed by atoms with Gasteiger partial charge in [-0.1, -0.05) is 66.2 Å². The van der Waals surface area contributed by atoms with Crippen LogP contribution in [0.1, 0.15) is 32.1 Å². The number of aromatic amines is 1. The van der Waals surface area contributed by atoms with Gasteiger partial charge in [-0.25, -0.2) is 4.98 Å². The van der Waals surface area contributed by atoms with E-state index in [0.29, 0.717) is 22.4 Å². The average molecular weight is 478 g/mol. The Kier molecular flexibility index (Phi) is 6.55. The number of rotatable bonds is 6. The predicted octanol–water partition coefficient (Wildman–Crippen LogP) is 5.63. The summed E-state index contributed by atoms with van der Waals surface area (Å²) in [7, 11) is 0. The van der Waals surface area contributed by atoms with Crippen molar-refractivity contribution >= 4 is 22.8 Å². The first-order valence-electron chi connectivity index (χ1n) is 11.7. The molecule has 0 bridgehead atoms. The number of aliphatic hydroxyl groups excluding tert-OH is 2. The van der Waals surface area contributed by atoms with Crippen molar-refractivity contribution in [1.29, 1.82) is 0 Å². The number of aromatic nitrogens is 3. The third-order valence-corrected chi connectivity index (χ3v) is 7.14. The van der Waals surface area contributed by atoms with Gasteiger partial charge in [0.15, 0.2) is 5.65 Å². The number of nitrogens with zero attached hydrogens (tertiary/aromatic N) is 2. The normalized spacial score (nSPS) is 18.0. The fourth-order valence-corrected chi connectivity index (χ4v) is 4.95. The van der Waals surface area contributed by atoms with Gasteiger partial charge in [0.25, 0.3) is 6.01 Å². The molecule has 5 rings (SSSR count). The Morgan fingerprint density at radius 3 is 2.35 bits per heavy atom. The quantitative estimate of drug-likeness (QED) is 0.313. The fourth-order valence-electron chi connectivity index (χ4n) is 4.69. The Morgan fingerprint density at radius 1 is 0.912 bits per heavy atom. The van der Waals surface area contributed by atoms with Gasteiger partial charge >= 0.3 is 0 Å². The molecule has 4 aromatic rings. The van der Waals surface area contributed by atoms with Crippen molar-refractivity contribution in [2.24, 2.45) is 5.41 Å². The molecule has 6 nitrogen and oxygen atoms in total. The standard InChI is InChI=1S/C27H28ClN3O3/c28-22-15-23-25(30-24(22)20-10-8-19(9-11-20)18-5-2-1-3-6-18)31-26(29-23)34-21-7-4-13-27(16-32,17-33)14-12-21/h1-3,5-6,8-11,15,21,32-33H,4,7,12-14,16-17H2,(H,29,30,31). The van der Waals surface area contributed by atoms with Crippen LogP contribution in [-0.2, 0) is 0 Å². The minimum Gasteiger partial charge on any atom is -0.461 e. The first-order valence-corrected chi connectivity index (χ1v) is 12.1. The number of nitrogens with one attached hydrogen (secondary N) is 1. The van der Waals surface area contributed by atoms with Gasteiger partial charge < -0.3 is 19.9 Å². The van der Waals surface area contributed by atoms with E-state index in [9.17, 15) is 10.2 Å². The zero-order valence-electron chi connectivity index (χ0n) is 18.9. The van der Waals surface area contributed by atoms with Crippen molar-refractivity contribution in [3.8, 4) is 28.4 Å². The number of benzene rings is 2. The number of halogens is 1. The first-order chi connectivity index (χ1) is 16.6. The zero-order valence-corrected chi connectivity index (χ0v) is 19.6. The van der Waals surface area contributed by atoms with E-state index in [0.717, 1.165) is 54.3 Å². The lowest BCUT2D eigenvalue weighted by atomic mass is 9.82. The maximum Gasteiger partial charge on any atom is 0.296 e. The molecule has 0 saturated heterocycles. The molecule has 1 unspecified atom stereocenters. The molecular weight excluding hydrogens is 450 g/mol. The SMILES string of the molecule is OCC1(CO)CCCC(Oc2nc3nc(-c4ccc(-c5ccccc5)cc4)c(Cl)cc3[nH]2)CC1. The van der Waals surface area contributed by atoms with E-state index in [1.165, 1.54) is 0 Å². The van der Waals surface area contributed by atoms with Crippen molar-refractivity contribution in [2.45, 2.75) is 38.2 Å². The van der Waals surface area contributed by atoms with E-state index in [2.05, 4.69) is 34.2 Å². The molecule has 176 valence electrons. The molecule has 2 heterocycles. The van der Waals surface area contributed by atoms with Crippen LogP contribution < -0.4 is 4.74 Å². The van der Waals surface area contributed by atoms with Gasteiger partial charge in [-0.3, -0.25) is 0 Å². The number of pyridine rings is 1. The highest BCUT2D eigenvalue weighted by Crippen LogP contribution is 2.36. The van der Waals surface area contributed by atoms with Crippen LogP contribution in [0, 0.1) is 5.41 Å². The summed E-state index contributed by atoms with van der Waals surface area (Å²) in [4.78, 5) is 12.5. The van der Waals surface area contributed by atoms with E-state index in [4.69, 9.17) is 21.3 Å². The largest absolute Gasteiger partial charge is 0.461 e. The number of H-pyrrole nitrogens is 1. The summed E-state index contributed by atoms with van der Waals surface area (Å²) in [6, 6.07) is 20.6. The summed E-state index contributed by atoms with van der Waals surface area (Å²) in [5.41, 5.74) is 4.75. The Morgan fingerprint density at radius 2 is 1.62 bits per heavy atom. The van der Waals surface area contributed by atoms with E-state index >= 15 is 0 Å². The van der Waals surface area contributed by atoms with Gasteiger partial charge in [0.2, 0.25) is 0 Å². The van der Waals surface area contributed by atoms with Gasteiger partial charge in [0.05, 0.1) is 29.4 Å². The smallest absolute Gasteiger partial charge is 0.296 e. The number of imidazole rings is 1. The number of hydrogen-bond donors (Lipinski definition) is 3. The average Bonchev–Trinajstić information content (AvgIpc) is 3.14. The Labute approximate surface area is 203 Å². The van der Waals surface area contributed by atoms with Crippen molar-refractivity contribution in [2.75, 3.05) is 13.2 Å². The van der Waals surface area contributed by atoms with Crippen LogP contribution in [0.4, 0.5) is 0 Å². The van der Waals surface area contributed by atoms with E-state index < -0.39 is 5.41 Å². The molecule has 0 spiro atoms. The summed E-state index contributed by atoms with van der Waals surface area (Å²) < 4.78 is 6.14. The zero-order chi connectivity index (χ0) is 23.5. The Hall–Kier alpha value is -2.93. The molecule has 0 amide bonds. The summed E-state index contributed by atoms with van der Waals surface area (Å²) in [6.45, 7) is -0.00321. The van der Waals surface area contributed by atoms with E-state index in [1.54, 1.807) is 0 Å². The van der Waals surface area contributed by atoms with Crippen LogP contribution >= 0.6 is 11.6 Å². The Balaban J connectivity index is 1.35. The molecule has 1 aliphatic rings. The maximum atomic E-state index is 9.72. The van der Waals surface area contributed by atoms with Crippen molar-refractivity contribution < 1.29 is 14.9 Å². The highest BCUT2D eigenvalue weighted by Gasteiger charge is 2.33. The van der Waals surface area contributed by atoms with Crippen LogP contribution in [0.5, 0.6) is 6.01 Å².